The van der Waals surface area contributed by atoms with Crippen LogP contribution in [0.15, 0.2) is 30.3 Å². The smallest absolute Gasteiger partial charge is 0.227 e. The van der Waals surface area contributed by atoms with Crippen molar-refractivity contribution in [3.63, 3.8) is 0 Å². The minimum atomic E-state index is -0.248. The Kier molecular flexibility index (Phi) is 4.56. The molecule has 25 heavy (non-hydrogen) atoms. The van der Waals surface area contributed by atoms with Crippen molar-refractivity contribution in [1.82, 2.24) is 10.2 Å². The summed E-state index contributed by atoms with van der Waals surface area (Å²) in [7, 11) is 0. The summed E-state index contributed by atoms with van der Waals surface area (Å²) in [6.45, 7) is 4.95. The normalized spacial score (nSPS) is 35.0. The van der Waals surface area contributed by atoms with Crippen LogP contribution in [0.5, 0.6) is 0 Å². The van der Waals surface area contributed by atoms with Crippen molar-refractivity contribution in [2.45, 2.75) is 38.1 Å². The van der Waals surface area contributed by atoms with E-state index in [1.165, 1.54) is 5.56 Å². The molecule has 1 unspecified atom stereocenters. The Morgan fingerprint density at radius 1 is 1.20 bits per heavy atom. The third kappa shape index (κ3) is 3.59. The molecule has 4 aliphatic heterocycles. The molecular formula is C20H29N3O2. The number of rotatable bonds is 5. The first-order chi connectivity index (χ1) is 12.1. The number of carbonyl (C=O) groups excluding carboxylic acids is 1. The van der Waals surface area contributed by atoms with E-state index in [1.54, 1.807) is 0 Å². The fourth-order valence-corrected chi connectivity index (χ4v) is 4.73. The van der Waals surface area contributed by atoms with Crippen LogP contribution in [0.4, 0.5) is 0 Å². The van der Waals surface area contributed by atoms with Gasteiger partial charge >= 0.3 is 0 Å². The number of nitrogens with zero attached hydrogens (tertiary/aromatic N) is 2. The molecule has 4 aliphatic rings. The summed E-state index contributed by atoms with van der Waals surface area (Å²) in [5.41, 5.74) is 1.12. The van der Waals surface area contributed by atoms with E-state index in [0.29, 0.717) is 19.6 Å². The van der Waals surface area contributed by atoms with Crippen molar-refractivity contribution in [1.29, 1.82) is 0 Å². The lowest BCUT2D eigenvalue weighted by Gasteiger charge is -2.56. The number of piperidine rings is 3. The Hall–Kier alpha value is -1.43. The van der Waals surface area contributed by atoms with E-state index in [4.69, 9.17) is 0 Å². The highest BCUT2D eigenvalue weighted by atomic mass is 16.5. The maximum Gasteiger partial charge on any atom is 0.227 e. The molecule has 0 aliphatic carbocycles. The second-order valence-corrected chi connectivity index (χ2v) is 8.25. The van der Waals surface area contributed by atoms with Crippen LogP contribution in [-0.4, -0.2) is 60.8 Å². The van der Waals surface area contributed by atoms with Gasteiger partial charge in [-0.2, -0.15) is 0 Å². The first kappa shape index (κ1) is 17.0. The maximum absolute atomic E-state index is 12.9. The van der Waals surface area contributed by atoms with Crippen molar-refractivity contribution in [3.05, 3.63) is 41.1 Å². The van der Waals surface area contributed by atoms with E-state index < -0.39 is 0 Å². The molecule has 136 valence electrons. The van der Waals surface area contributed by atoms with Crippen LogP contribution in [0, 0.1) is 10.6 Å². The number of hydrogen-bond donors (Lipinski definition) is 1. The van der Waals surface area contributed by atoms with Crippen molar-refractivity contribution in [2.75, 3.05) is 39.3 Å². The van der Waals surface area contributed by atoms with E-state index in [0.717, 1.165) is 51.7 Å². The summed E-state index contributed by atoms with van der Waals surface area (Å²) >= 11 is 0. The van der Waals surface area contributed by atoms with Gasteiger partial charge in [0.1, 0.15) is 0 Å². The quantitative estimate of drug-likeness (QED) is 0.656. The lowest BCUT2D eigenvalue weighted by Crippen LogP contribution is -2.62. The molecular weight excluding hydrogens is 314 g/mol. The fourth-order valence-electron chi connectivity index (χ4n) is 4.73. The van der Waals surface area contributed by atoms with Gasteiger partial charge in [0, 0.05) is 44.9 Å². The van der Waals surface area contributed by atoms with E-state index in [2.05, 4.69) is 40.5 Å². The molecule has 1 amide bonds. The number of carbonyl (C=O) groups is 1. The molecule has 2 bridgehead atoms. The number of hydrogen-bond acceptors (Lipinski definition) is 3. The van der Waals surface area contributed by atoms with E-state index in [-0.39, 0.29) is 22.0 Å². The molecule has 0 radical (unpaired) electrons. The number of hydroxylamine groups is 3. The molecule has 1 aromatic carbocycles. The zero-order valence-corrected chi connectivity index (χ0v) is 15.0. The SMILES string of the molecule is O=C(NC1CCN(CCc2ccccc2)C1)C12CC[N+]([O-])(CC1)CC2. The van der Waals surface area contributed by atoms with Gasteiger partial charge in [0.2, 0.25) is 5.91 Å². The molecule has 4 saturated heterocycles. The Balaban J connectivity index is 1.26. The standard InChI is InChI=1S/C20H29N3O2/c24-19(20-8-13-23(25,14-9-20)15-10-20)21-18-7-12-22(16-18)11-6-17-4-2-1-3-5-17/h1-5,18H,6-16H2,(H,21,24). The van der Waals surface area contributed by atoms with Crippen LogP contribution in [0.25, 0.3) is 0 Å². The van der Waals surface area contributed by atoms with E-state index in [1.807, 2.05) is 0 Å². The monoisotopic (exact) mass is 343 g/mol. The molecule has 0 spiro atoms. The average Bonchev–Trinajstić information content (AvgIpc) is 3.09. The van der Waals surface area contributed by atoms with Crippen LogP contribution >= 0.6 is 0 Å². The topological polar surface area (TPSA) is 55.4 Å². The minimum Gasteiger partial charge on any atom is -0.633 e. The van der Waals surface area contributed by atoms with E-state index in [9.17, 15) is 10.0 Å². The van der Waals surface area contributed by atoms with Gasteiger partial charge in [-0.05, 0) is 18.4 Å². The highest BCUT2D eigenvalue weighted by molar-refractivity contribution is 5.83. The number of nitrogens with one attached hydrogen (secondary N) is 1. The summed E-state index contributed by atoms with van der Waals surface area (Å²) < 4.78 is -0.0638. The highest BCUT2D eigenvalue weighted by Crippen LogP contribution is 2.43. The Morgan fingerprint density at radius 2 is 1.88 bits per heavy atom. The molecule has 5 rings (SSSR count). The van der Waals surface area contributed by atoms with Crippen LogP contribution in [-0.2, 0) is 11.2 Å². The second kappa shape index (κ2) is 6.71. The molecule has 1 atom stereocenters. The Labute approximate surface area is 150 Å². The van der Waals surface area contributed by atoms with Gasteiger partial charge in [-0.3, -0.25) is 4.79 Å². The molecule has 4 heterocycles. The summed E-state index contributed by atoms with van der Waals surface area (Å²) in [4.78, 5) is 15.3. The summed E-state index contributed by atoms with van der Waals surface area (Å²) in [6.07, 6.45) is 4.42. The van der Waals surface area contributed by atoms with Gasteiger partial charge in [0.25, 0.3) is 0 Å². The fraction of sp³-hybridized carbons (Fsp3) is 0.650. The summed E-state index contributed by atoms with van der Waals surface area (Å²) in [5, 5.41) is 15.6. The van der Waals surface area contributed by atoms with Gasteiger partial charge in [0.15, 0.2) is 0 Å². The number of amides is 1. The largest absolute Gasteiger partial charge is 0.633 e. The van der Waals surface area contributed by atoms with E-state index >= 15 is 0 Å². The predicted octanol–water partition coefficient (Wildman–Crippen LogP) is 1.92. The van der Waals surface area contributed by atoms with Gasteiger partial charge in [-0.1, -0.05) is 30.3 Å². The molecule has 0 saturated carbocycles. The third-order valence-electron chi connectivity index (χ3n) is 6.64. The molecule has 5 heteroatoms. The average molecular weight is 343 g/mol. The van der Waals surface area contributed by atoms with Crippen LogP contribution in [0.1, 0.15) is 31.2 Å². The predicted molar refractivity (Wildman–Crippen MR) is 97.6 cm³/mol. The highest BCUT2D eigenvalue weighted by Gasteiger charge is 2.50. The number of quaternary nitrogens is 1. The van der Waals surface area contributed by atoms with Gasteiger partial charge in [-0.15, -0.1) is 0 Å². The van der Waals surface area contributed by atoms with Crippen molar-refractivity contribution in [3.8, 4) is 0 Å². The van der Waals surface area contributed by atoms with Crippen LogP contribution < -0.4 is 5.32 Å². The Morgan fingerprint density at radius 3 is 2.56 bits per heavy atom. The van der Waals surface area contributed by atoms with Gasteiger partial charge in [0.05, 0.1) is 25.0 Å². The number of benzene rings is 1. The zero-order chi connectivity index (χ0) is 17.3. The molecule has 4 fully saturated rings. The molecule has 0 aromatic heterocycles. The number of fused-ring (bicyclic) bond motifs is 3. The summed E-state index contributed by atoms with van der Waals surface area (Å²) in [5.74, 6) is 0.216. The Bertz CT molecular complexity index is 594. The van der Waals surface area contributed by atoms with Crippen molar-refractivity contribution < 1.29 is 9.44 Å². The van der Waals surface area contributed by atoms with Crippen molar-refractivity contribution in [2.24, 2.45) is 5.41 Å². The zero-order valence-electron chi connectivity index (χ0n) is 15.0. The van der Waals surface area contributed by atoms with Crippen LogP contribution in [0.3, 0.4) is 0 Å². The first-order valence-electron chi connectivity index (χ1n) is 9.71. The molecule has 1 N–H and O–H groups in total. The lowest BCUT2D eigenvalue weighted by atomic mass is 9.71. The van der Waals surface area contributed by atoms with Gasteiger partial charge in [-0.25, -0.2) is 0 Å². The summed E-state index contributed by atoms with van der Waals surface area (Å²) in [6, 6.07) is 10.9. The number of likely N-dealkylation sites (tertiary alicyclic amines) is 1. The van der Waals surface area contributed by atoms with Crippen LogP contribution in [0.2, 0.25) is 0 Å². The molecule has 5 nitrogen and oxygen atoms in total. The molecule has 1 aromatic rings. The third-order valence-corrected chi connectivity index (χ3v) is 6.64. The minimum absolute atomic E-state index is 0.0638. The van der Waals surface area contributed by atoms with Crippen molar-refractivity contribution >= 4 is 5.91 Å². The second-order valence-electron chi connectivity index (χ2n) is 8.25. The maximum atomic E-state index is 12.9. The van der Waals surface area contributed by atoms with Gasteiger partial charge < -0.3 is 20.1 Å². The lowest BCUT2D eigenvalue weighted by molar-refractivity contribution is -0.898. The first-order valence-corrected chi connectivity index (χ1v) is 9.71.